The topological polar surface area (TPSA) is 185 Å². The average molecular weight is 815 g/mol. The van der Waals surface area contributed by atoms with Crippen molar-refractivity contribution in [1.29, 1.82) is 5.41 Å². The van der Waals surface area contributed by atoms with Crippen molar-refractivity contribution < 1.29 is 41.5 Å². The molecule has 3 aromatic carbocycles. The van der Waals surface area contributed by atoms with E-state index in [-0.39, 0.29) is 88.0 Å². The number of carbonyl (C=O) groups excluding carboxylic acids is 5. The lowest BCUT2D eigenvalue weighted by Crippen LogP contribution is -2.52. The van der Waals surface area contributed by atoms with Crippen LogP contribution in [-0.4, -0.2) is 77.5 Å². The summed E-state index contributed by atoms with van der Waals surface area (Å²) in [7, 11) is 1.54. The maximum Gasteiger partial charge on any atom is 0.417 e. The fourth-order valence-electron chi connectivity index (χ4n) is 7.53. The lowest BCUT2D eigenvalue weighted by atomic mass is 9.94. The Morgan fingerprint density at radius 3 is 2.41 bits per heavy atom. The summed E-state index contributed by atoms with van der Waals surface area (Å²) in [5.74, 6) is -2.89. The van der Waals surface area contributed by atoms with Crippen molar-refractivity contribution in [2.45, 2.75) is 76.2 Å². The van der Waals surface area contributed by atoms with Crippen molar-refractivity contribution in [2.24, 2.45) is 0 Å². The van der Waals surface area contributed by atoms with Crippen LogP contribution < -0.4 is 26.6 Å². The number of pyridine rings is 1. The molecule has 2 aliphatic heterocycles. The second-order valence-corrected chi connectivity index (χ2v) is 14.9. The molecule has 1 aromatic heterocycles. The number of fused-ring (bicyclic) bond motifs is 2. The van der Waals surface area contributed by atoms with Crippen LogP contribution in [0.2, 0.25) is 0 Å². The molecule has 1 aliphatic carbocycles. The van der Waals surface area contributed by atoms with E-state index in [1.807, 2.05) is 6.07 Å². The van der Waals surface area contributed by atoms with E-state index in [4.69, 9.17) is 5.41 Å². The van der Waals surface area contributed by atoms with E-state index < -0.39 is 35.4 Å². The highest BCUT2D eigenvalue weighted by molar-refractivity contribution is 6.09. The molecule has 5 amide bonds. The number of anilines is 1. The van der Waals surface area contributed by atoms with Crippen molar-refractivity contribution in [3.8, 4) is 11.1 Å². The second-order valence-electron chi connectivity index (χ2n) is 14.9. The van der Waals surface area contributed by atoms with Crippen molar-refractivity contribution in [1.82, 2.24) is 31.2 Å². The molecule has 0 radical (unpaired) electrons. The van der Waals surface area contributed by atoms with Crippen molar-refractivity contribution in [2.75, 3.05) is 25.5 Å². The van der Waals surface area contributed by atoms with E-state index in [9.17, 15) is 37.1 Å². The molecule has 1 saturated carbocycles. The molecule has 17 heteroatoms. The molecule has 2 fully saturated rings. The van der Waals surface area contributed by atoms with Crippen molar-refractivity contribution >= 4 is 52.0 Å². The number of rotatable bonds is 14. The van der Waals surface area contributed by atoms with Gasteiger partial charge in [-0.05, 0) is 91.1 Å². The maximum atomic E-state index is 15.4. The number of hydrogen-bond donors (Lipinski definition) is 6. The molecule has 308 valence electrons. The minimum atomic E-state index is -4.82. The minimum absolute atomic E-state index is 0.0113. The Labute approximate surface area is 336 Å². The van der Waals surface area contributed by atoms with E-state index in [0.717, 1.165) is 42.2 Å². The van der Waals surface area contributed by atoms with Gasteiger partial charge >= 0.3 is 6.18 Å². The molecule has 13 nitrogen and oxygen atoms in total. The highest BCUT2D eigenvalue weighted by Crippen LogP contribution is 2.41. The van der Waals surface area contributed by atoms with Gasteiger partial charge in [-0.25, -0.2) is 4.39 Å². The van der Waals surface area contributed by atoms with Gasteiger partial charge in [0, 0.05) is 62.7 Å². The number of aryl methyl sites for hydroxylation is 1. The average Bonchev–Trinajstić information content (AvgIpc) is 3.96. The van der Waals surface area contributed by atoms with E-state index in [2.05, 4.69) is 31.6 Å². The Kier molecular flexibility index (Phi) is 11.6. The number of carbonyl (C=O) groups is 5. The van der Waals surface area contributed by atoms with Crippen LogP contribution in [0, 0.1) is 11.2 Å². The van der Waals surface area contributed by atoms with Gasteiger partial charge < -0.3 is 31.5 Å². The Hall–Kier alpha value is -6.39. The quantitative estimate of drug-likeness (QED) is 0.0721. The maximum absolute atomic E-state index is 15.4. The third-order valence-electron chi connectivity index (χ3n) is 10.8. The number of alkyl halides is 3. The van der Waals surface area contributed by atoms with Crippen LogP contribution in [0.3, 0.4) is 0 Å². The number of halogens is 4. The molecule has 0 bridgehead atoms. The fourth-order valence-corrected chi connectivity index (χ4v) is 7.53. The molecule has 6 N–H and O–H groups in total. The number of benzene rings is 3. The Bertz CT molecular complexity index is 2380. The zero-order valence-corrected chi connectivity index (χ0v) is 32.1. The summed E-state index contributed by atoms with van der Waals surface area (Å²) >= 11 is 0. The van der Waals surface area contributed by atoms with E-state index in [1.54, 1.807) is 12.1 Å². The molecule has 59 heavy (non-hydrogen) atoms. The van der Waals surface area contributed by atoms with Crippen LogP contribution in [0.4, 0.5) is 23.2 Å². The highest BCUT2D eigenvalue weighted by atomic mass is 19.4. The Morgan fingerprint density at radius 2 is 1.71 bits per heavy atom. The molecule has 7 rings (SSSR count). The van der Waals surface area contributed by atoms with Gasteiger partial charge in [-0.3, -0.25) is 34.4 Å². The smallest absolute Gasteiger partial charge is 0.387 e. The van der Waals surface area contributed by atoms with Gasteiger partial charge in [0.2, 0.25) is 11.8 Å². The number of hydrogen-bond acceptors (Lipinski definition) is 8. The van der Waals surface area contributed by atoms with Gasteiger partial charge in [-0.2, -0.15) is 13.2 Å². The Morgan fingerprint density at radius 1 is 0.949 bits per heavy atom. The minimum Gasteiger partial charge on any atom is -0.387 e. The lowest BCUT2D eigenvalue weighted by Gasteiger charge is -2.30. The van der Waals surface area contributed by atoms with E-state index in [0.29, 0.717) is 44.2 Å². The predicted molar refractivity (Wildman–Crippen MR) is 210 cm³/mol. The van der Waals surface area contributed by atoms with Crippen LogP contribution in [0.25, 0.3) is 22.0 Å². The first-order valence-electron chi connectivity index (χ1n) is 19.4. The first kappa shape index (κ1) is 40.8. The van der Waals surface area contributed by atoms with Crippen LogP contribution in [0.5, 0.6) is 0 Å². The van der Waals surface area contributed by atoms with Crippen LogP contribution >= 0.6 is 0 Å². The molecule has 0 spiro atoms. The molecule has 1 saturated heterocycles. The number of amides is 5. The van der Waals surface area contributed by atoms with Crippen LogP contribution in [0.1, 0.15) is 92.7 Å². The zero-order valence-electron chi connectivity index (χ0n) is 32.1. The molecular formula is C42H42F4N8O5. The van der Waals surface area contributed by atoms with Gasteiger partial charge in [-0.1, -0.05) is 18.2 Å². The molecule has 1 atom stereocenters. The number of aromatic nitrogens is 1. The fraction of sp³-hybridized carbons (Fsp3) is 0.357. The van der Waals surface area contributed by atoms with Gasteiger partial charge in [0.05, 0.1) is 33.7 Å². The van der Waals surface area contributed by atoms with E-state index in [1.165, 1.54) is 30.3 Å². The third kappa shape index (κ3) is 8.88. The highest BCUT2D eigenvalue weighted by Gasteiger charge is 2.39. The first-order chi connectivity index (χ1) is 28.2. The summed E-state index contributed by atoms with van der Waals surface area (Å²) in [4.78, 5) is 69.6. The van der Waals surface area contributed by atoms with Gasteiger partial charge in [0.1, 0.15) is 11.9 Å². The zero-order chi connectivity index (χ0) is 42.0. The van der Waals surface area contributed by atoms with Crippen molar-refractivity contribution in [3.63, 3.8) is 0 Å². The largest absolute Gasteiger partial charge is 0.417 e. The second kappa shape index (κ2) is 16.8. The SMILES string of the molecule is CNc1c(C(=O)NC2CC2)cnc2cc(C(F)(F)F)c(-c3ccc(C(=O)NCCCCNC(=O)CCc4cccc5c4CN(C4CCC(=N)NC4=O)C5=O)c(F)c3)cc12. The Balaban J connectivity index is 0.910. The molecule has 1 unspecified atom stereocenters. The summed E-state index contributed by atoms with van der Waals surface area (Å²) in [6.07, 6.45) is 0.303. The third-order valence-corrected chi connectivity index (χ3v) is 10.8. The van der Waals surface area contributed by atoms with Gasteiger partial charge in [0.25, 0.3) is 17.7 Å². The molecule has 3 heterocycles. The number of piperidine rings is 1. The van der Waals surface area contributed by atoms with Gasteiger partial charge in [-0.15, -0.1) is 0 Å². The molecular weight excluding hydrogens is 773 g/mol. The van der Waals surface area contributed by atoms with E-state index >= 15 is 4.39 Å². The predicted octanol–water partition coefficient (Wildman–Crippen LogP) is 5.46. The van der Waals surface area contributed by atoms with Crippen LogP contribution in [-0.2, 0) is 28.7 Å². The number of amidine groups is 1. The summed E-state index contributed by atoms with van der Waals surface area (Å²) in [6.45, 7) is 0.711. The lowest BCUT2D eigenvalue weighted by molar-refractivity contribution is -0.137. The van der Waals surface area contributed by atoms with Crippen molar-refractivity contribution in [3.05, 3.63) is 93.9 Å². The number of unbranched alkanes of at least 4 members (excludes halogenated alkanes) is 1. The summed E-state index contributed by atoms with van der Waals surface area (Å²) in [5.41, 5.74) is 0.664. The molecule has 4 aromatic rings. The monoisotopic (exact) mass is 814 g/mol. The number of nitrogens with one attached hydrogen (secondary N) is 6. The number of nitrogens with zero attached hydrogens (tertiary/aromatic N) is 2. The molecule has 3 aliphatic rings. The summed E-state index contributed by atoms with van der Waals surface area (Å²) in [5, 5.41) is 21.6. The summed E-state index contributed by atoms with van der Waals surface area (Å²) in [6, 6.07) is 10.00. The normalized spacial score (nSPS) is 16.5. The van der Waals surface area contributed by atoms with Gasteiger partial charge in [0.15, 0.2) is 0 Å². The summed E-state index contributed by atoms with van der Waals surface area (Å²) < 4.78 is 58.3. The first-order valence-corrected chi connectivity index (χ1v) is 19.4. The standard InChI is InChI=1S/C42H42F4N8O5/c1-48-37-28-18-27(31(42(44,45)46)19-33(28)51-20-29(37)39(57)52-24-9-10-24)23-7-11-26(32(43)17-23)38(56)50-16-3-2-15-49-36(55)14-8-22-5-4-6-25-30(22)21-54(41(25)59)34-12-13-35(47)53-40(34)58/h4-7,11,17-20,24,34H,2-3,8-10,12-16,21H2,1H3,(H,48,51)(H,49,55)(H,50,56)(H,52,57)(H2,47,53,58). The van der Waals surface area contributed by atoms with Crippen LogP contribution in [0.15, 0.2) is 54.7 Å².